The summed E-state index contributed by atoms with van der Waals surface area (Å²) in [6.45, 7) is 9.92. The average Bonchev–Trinajstić information content (AvgIpc) is 2.47. The Hall–Kier alpha value is -0.380. The van der Waals surface area contributed by atoms with Crippen molar-refractivity contribution < 1.29 is 15.3 Å². The Morgan fingerprint density at radius 1 is 1.33 bits per heavy atom. The quantitative estimate of drug-likeness (QED) is 0.624. The Bertz CT molecular complexity index is 335. The molecule has 3 heteroatoms. The van der Waals surface area contributed by atoms with E-state index in [4.69, 9.17) is 0 Å². The molecule has 0 unspecified atom stereocenters. The first-order chi connectivity index (χ1) is 8.25. The summed E-state index contributed by atoms with van der Waals surface area (Å²) in [5, 5.41) is 31.4. The predicted octanol–water partition coefficient (Wildman–Crippen LogP) is 1.72. The molecular formula is C15H26O3. The van der Waals surface area contributed by atoms with Gasteiger partial charge < -0.3 is 15.3 Å². The van der Waals surface area contributed by atoms with E-state index in [-0.39, 0.29) is 23.7 Å². The van der Waals surface area contributed by atoms with E-state index in [0.717, 1.165) is 12.0 Å². The van der Waals surface area contributed by atoms with Gasteiger partial charge in [-0.2, -0.15) is 0 Å². The highest BCUT2D eigenvalue weighted by Gasteiger charge is 2.53. The summed E-state index contributed by atoms with van der Waals surface area (Å²) in [7, 11) is 0. The maximum atomic E-state index is 10.7. The fourth-order valence-corrected chi connectivity index (χ4v) is 4.15. The van der Waals surface area contributed by atoms with Crippen molar-refractivity contribution in [1.82, 2.24) is 0 Å². The Morgan fingerprint density at radius 2 is 1.94 bits per heavy atom. The molecule has 0 aromatic heterocycles. The van der Waals surface area contributed by atoms with Gasteiger partial charge in [0.05, 0.1) is 17.8 Å². The first-order valence-corrected chi connectivity index (χ1v) is 7.02. The molecule has 6 atom stereocenters. The normalized spacial score (nSPS) is 49.3. The minimum absolute atomic E-state index is 0.147. The minimum Gasteiger partial charge on any atom is -0.392 e. The van der Waals surface area contributed by atoms with Crippen LogP contribution in [0.1, 0.15) is 40.0 Å². The van der Waals surface area contributed by atoms with Gasteiger partial charge in [0, 0.05) is 11.8 Å². The van der Waals surface area contributed by atoms with Gasteiger partial charge in [-0.1, -0.05) is 26.0 Å². The van der Waals surface area contributed by atoms with Crippen LogP contribution in [0.2, 0.25) is 0 Å². The van der Waals surface area contributed by atoms with E-state index in [9.17, 15) is 15.3 Å². The van der Waals surface area contributed by atoms with Crippen molar-refractivity contribution in [3.8, 4) is 0 Å². The molecule has 0 saturated heterocycles. The molecule has 0 radical (unpaired) electrons. The molecule has 2 rings (SSSR count). The summed E-state index contributed by atoms with van der Waals surface area (Å²) >= 11 is 0. The van der Waals surface area contributed by atoms with Crippen molar-refractivity contribution in [2.45, 2.75) is 57.8 Å². The van der Waals surface area contributed by atoms with Crippen LogP contribution in [0, 0.1) is 23.7 Å². The first-order valence-electron chi connectivity index (χ1n) is 7.02. The average molecular weight is 254 g/mol. The van der Waals surface area contributed by atoms with Crippen LogP contribution >= 0.6 is 0 Å². The SMILES string of the molecule is C=C1C[C@@H](O)[C@@H](C(C)C)[C@@H](O)[C@@H]2[C@H]1CC[C@@]2(C)O. The van der Waals surface area contributed by atoms with Gasteiger partial charge in [-0.15, -0.1) is 0 Å². The van der Waals surface area contributed by atoms with Gasteiger partial charge in [0.1, 0.15) is 0 Å². The van der Waals surface area contributed by atoms with E-state index in [1.807, 2.05) is 20.8 Å². The van der Waals surface area contributed by atoms with E-state index in [0.29, 0.717) is 12.8 Å². The fourth-order valence-electron chi connectivity index (χ4n) is 4.15. The molecule has 104 valence electrons. The third kappa shape index (κ3) is 2.13. The highest BCUT2D eigenvalue weighted by molar-refractivity contribution is 5.16. The molecule has 2 aliphatic carbocycles. The van der Waals surface area contributed by atoms with Crippen LogP contribution < -0.4 is 0 Å². The Morgan fingerprint density at radius 3 is 2.50 bits per heavy atom. The van der Waals surface area contributed by atoms with E-state index in [1.165, 1.54) is 0 Å². The number of aliphatic hydroxyl groups excluding tert-OH is 2. The van der Waals surface area contributed by atoms with Crippen molar-refractivity contribution in [2.75, 3.05) is 0 Å². The van der Waals surface area contributed by atoms with Crippen LogP contribution in [0.4, 0.5) is 0 Å². The largest absolute Gasteiger partial charge is 0.392 e. The molecule has 0 spiro atoms. The monoisotopic (exact) mass is 254 g/mol. The summed E-state index contributed by atoms with van der Waals surface area (Å²) in [5.74, 6) is -0.0257. The maximum Gasteiger partial charge on any atom is 0.0678 e. The Labute approximate surface area is 110 Å². The third-order valence-corrected chi connectivity index (χ3v) is 5.09. The zero-order chi connectivity index (χ0) is 13.7. The number of rotatable bonds is 1. The van der Waals surface area contributed by atoms with Crippen molar-refractivity contribution in [3.63, 3.8) is 0 Å². The smallest absolute Gasteiger partial charge is 0.0678 e. The van der Waals surface area contributed by atoms with Gasteiger partial charge >= 0.3 is 0 Å². The summed E-state index contributed by atoms with van der Waals surface area (Å²) in [6.07, 6.45) is 0.928. The van der Waals surface area contributed by atoms with Crippen LogP contribution in [0.15, 0.2) is 12.2 Å². The summed E-state index contributed by atoms with van der Waals surface area (Å²) in [4.78, 5) is 0. The molecule has 2 fully saturated rings. The Balaban J connectivity index is 2.38. The van der Waals surface area contributed by atoms with Crippen LogP contribution in [-0.2, 0) is 0 Å². The van der Waals surface area contributed by atoms with Crippen molar-refractivity contribution in [1.29, 1.82) is 0 Å². The zero-order valence-corrected chi connectivity index (χ0v) is 11.6. The van der Waals surface area contributed by atoms with Gasteiger partial charge in [-0.3, -0.25) is 0 Å². The lowest BCUT2D eigenvalue weighted by Gasteiger charge is -2.37. The minimum atomic E-state index is -0.843. The van der Waals surface area contributed by atoms with Gasteiger partial charge in [0.25, 0.3) is 0 Å². The molecule has 0 heterocycles. The lowest BCUT2D eigenvalue weighted by atomic mass is 9.74. The molecule has 3 N–H and O–H groups in total. The second kappa shape index (κ2) is 4.62. The molecule has 0 aromatic carbocycles. The summed E-state index contributed by atoms with van der Waals surface area (Å²) < 4.78 is 0. The second-order valence-corrected chi connectivity index (χ2v) is 6.77. The molecular weight excluding hydrogens is 228 g/mol. The highest BCUT2D eigenvalue weighted by atomic mass is 16.3. The Kier molecular flexibility index (Phi) is 3.60. The van der Waals surface area contributed by atoms with E-state index in [1.54, 1.807) is 0 Å². The van der Waals surface area contributed by atoms with Crippen LogP contribution in [-0.4, -0.2) is 33.1 Å². The van der Waals surface area contributed by atoms with E-state index < -0.39 is 17.8 Å². The molecule has 3 nitrogen and oxygen atoms in total. The fraction of sp³-hybridized carbons (Fsp3) is 0.867. The standard InChI is InChI=1S/C15H26O3/c1-8(2)12-11(16)7-9(3)10-5-6-15(4,18)13(10)14(12)17/h8,10-14,16-18H,3,5-7H2,1-2,4H3/t10-,11+,12+,13-,14+,15+/m0/s1. The molecule has 0 aromatic rings. The molecule has 0 bridgehead atoms. The highest BCUT2D eigenvalue weighted by Crippen LogP contribution is 2.51. The topological polar surface area (TPSA) is 60.7 Å². The first kappa shape index (κ1) is 14.0. The molecule has 18 heavy (non-hydrogen) atoms. The molecule has 2 saturated carbocycles. The van der Waals surface area contributed by atoms with E-state index >= 15 is 0 Å². The second-order valence-electron chi connectivity index (χ2n) is 6.77. The summed E-state index contributed by atoms with van der Waals surface area (Å²) in [6, 6.07) is 0. The third-order valence-electron chi connectivity index (χ3n) is 5.09. The predicted molar refractivity (Wildman–Crippen MR) is 70.9 cm³/mol. The number of fused-ring (bicyclic) bond motifs is 1. The van der Waals surface area contributed by atoms with E-state index in [2.05, 4.69) is 6.58 Å². The zero-order valence-electron chi connectivity index (χ0n) is 11.6. The van der Waals surface area contributed by atoms with Crippen molar-refractivity contribution in [2.24, 2.45) is 23.7 Å². The molecule has 2 aliphatic rings. The van der Waals surface area contributed by atoms with Gasteiger partial charge in [-0.25, -0.2) is 0 Å². The van der Waals surface area contributed by atoms with Gasteiger partial charge in [0.15, 0.2) is 0 Å². The van der Waals surface area contributed by atoms with Crippen LogP contribution in [0.3, 0.4) is 0 Å². The van der Waals surface area contributed by atoms with Crippen molar-refractivity contribution >= 4 is 0 Å². The van der Waals surface area contributed by atoms with Gasteiger partial charge in [-0.05, 0) is 38.0 Å². The summed E-state index contributed by atoms with van der Waals surface area (Å²) in [5.41, 5.74) is 0.150. The van der Waals surface area contributed by atoms with Crippen LogP contribution in [0.5, 0.6) is 0 Å². The maximum absolute atomic E-state index is 10.7. The molecule has 0 aliphatic heterocycles. The van der Waals surface area contributed by atoms with Crippen molar-refractivity contribution in [3.05, 3.63) is 12.2 Å². The number of hydrogen-bond acceptors (Lipinski definition) is 3. The van der Waals surface area contributed by atoms with Gasteiger partial charge in [0.2, 0.25) is 0 Å². The lowest BCUT2D eigenvalue weighted by molar-refractivity contribution is -0.0930. The van der Waals surface area contributed by atoms with Crippen LogP contribution in [0.25, 0.3) is 0 Å². The lowest BCUT2D eigenvalue weighted by Crippen LogP contribution is -2.46. The number of hydrogen-bond donors (Lipinski definition) is 3. The molecule has 0 amide bonds. The number of aliphatic hydroxyl groups is 3.